The summed E-state index contributed by atoms with van der Waals surface area (Å²) in [5.41, 5.74) is 0.611. The Bertz CT molecular complexity index is 144. The molecule has 2 fully saturated rings. The van der Waals surface area contributed by atoms with E-state index in [0.29, 0.717) is 5.41 Å². The quantitative estimate of drug-likeness (QED) is 0.500. The average molecular weight is 140 g/mol. The SMILES string of the molecule is CC1CCC12COCC2C. The van der Waals surface area contributed by atoms with Crippen LogP contribution in [-0.2, 0) is 4.74 Å². The van der Waals surface area contributed by atoms with E-state index in [9.17, 15) is 0 Å². The molecule has 10 heavy (non-hydrogen) atoms. The van der Waals surface area contributed by atoms with Gasteiger partial charge in [-0.05, 0) is 24.7 Å². The molecule has 0 aromatic rings. The predicted octanol–water partition coefficient (Wildman–Crippen LogP) is 2.07. The molecule has 1 saturated carbocycles. The van der Waals surface area contributed by atoms with Crippen molar-refractivity contribution >= 4 is 0 Å². The molecule has 0 bridgehead atoms. The molecule has 0 amide bonds. The monoisotopic (exact) mass is 140 g/mol. The molecule has 0 radical (unpaired) electrons. The topological polar surface area (TPSA) is 9.23 Å². The van der Waals surface area contributed by atoms with Crippen LogP contribution in [0.25, 0.3) is 0 Å². The molecule has 0 N–H and O–H groups in total. The summed E-state index contributed by atoms with van der Waals surface area (Å²) in [6.45, 7) is 6.75. The Balaban J connectivity index is 2.13. The van der Waals surface area contributed by atoms with Crippen LogP contribution in [0, 0.1) is 17.3 Å². The fourth-order valence-corrected chi connectivity index (χ4v) is 2.48. The number of rotatable bonds is 0. The third-order valence-corrected chi connectivity index (χ3v) is 3.74. The highest BCUT2D eigenvalue weighted by molar-refractivity contribution is 4.99. The van der Waals surface area contributed by atoms with Crippen LogP contribution in [-0.4, -0.2) is 13.2 Å². The normalized spacial score (nSPS) is 53.4. The maximum atomic E-state index is 5.48. The number of hydrogen-bond donors (Lipinski definition) is 0. The molecule has 2 aliphatic rings. The summed E-state index contributed by atoms with van der Waals surface area (Å²) in [6, 6.07) is 0. The lowest BCUT2D eigenvalue weighted by Gasteiger charge is -2.47. The Hall–Kier alpha value is -0.0400. The zero-order chi connectivity index (χ0) is 7.19. The van der Waals surface area contributed by atoms with E-state index in [1.807, 2.05) is 0 Å². The molecule has 2 rings (SSSR count). The van der Waals surface area contributed by atoms with Crippen molar-refractivity contribution < 1.29 is 4.74 Å². The summed E-state index contributed by atoms with van der Waals surface area (Å²) in [5, 5.41) is 0. The minimum atomic E-state index is 0.611. The molecule has 3 unspecified atom stereocenters. The molecule has 1 heterocycles. The molecule has 1 nitrogen and oxygen atoms in total. The summed E-state index contributed by atoms with van der Waals surface area (Å²) in [7, 11) is 0. The maximum absolute atomic E-state index is 5.48. The van der Waals surface area contributed by atoms with Crippen molar-refractivity contribution in [2.45, 2.75) is 26.7 Å². The third-order valence-electron chi connectivity index (χ3n) is 3.74. The number of ether oxygens (including phenoxy) is 1. The first-order valence-electron chi connectivity index (χ1n) is 4.33. The molecule has 0 aromatic carbocycles. The van der Waals surface area contributed by atoms with Crippen LogP contribution < -0.4 is 0 Å². The van der Waals surface area contributed by atoms with E-state index in [1.54, 1.807) is 0 Å². The van der Waals surface area contributed by atoms with Gasteiger partial charge in [0.25, 0.3) is 0 Å². The van der Waals surface area contributed by atoms with Crippen LogP contribution >= 0.6 is 0 Å². The van der Waals surface area contributed by atoms with E-state index in [0.717, 1.165) is 25.0 Å². The van der Waals surface area contributed by atoms with Gasteiger partial charge in [0.05, 0.1) is 6.61 Å². The van der Waals surface area contributed by atoms with Gasteiger partial charge in [0.15, 0.2) is 0 Å². The van der Waals surface area contributed by atoms with Crippen LogP contribution in [0.15, 0.2) is 0 Å². The van der Waals surface area contributed by atoms with Gasteiger partial charge in [0.1, 0.15) is 0 Å². The first-order chi connectivity index (χ1) is 4.76. The molecular formula is C9H16O. The summed E-state index contributed by atoms with van der Waals surface area (Å²) < 4.78 is 5.48. The highest BCUT2D eigenvalue weighted by atomic mass is 16.5. The zero-order valence-electron chi connectivity index (χ0n) is 6.89. The van der Waals surface area contributed by atoms with E-state index in [-0.39, 0.29) is 0 Å². The Morgan fingerprint density at radius 3 is 2.30 bits per heavy atom. The van der Waals surface area contributed by atoms with Crippen LogP contribution in [0.4, 0.5) is 0 Å². The summed E-state index contributed by atoms with van der Waals surface area (Å²) in [4.78, 5) is 0. The lowest BCUT2D eigenvalue weighted by atomic mass is 9.56. The molecule has 1 spiro atoms. The van der Waals surface area contributed by atoms with E-state index < -0.39 is 0 Å². The second-order valence-electron chi connectivity index (χ2n) is 4.09. The fraction of sp³-hybridized carbons (Fsp3) is 1.00. The maximum Gasteiger partial charge on any atom is 0.0528 e. The average Bonchev–Trinajstić information content (AvgIpc) is 2.30. The fourth-order valence-electron chi connectivity index (χ4n) is 2.48. The van der Waals surface area contributed by atoms with E-state index in [2.05, 4.69) is 13.8 Å². The summed E-state index contributed by atoms with van der Waals surface area (Å²) in [5.74, 6) is 1.74. The second kappa shape index (κ2) is 1.97. The Kier molecular flexibility index (Phi) is 1.31. The van der Waals surface area contributed by atoms with Gasteiger partial charge in [-0.15, -0.1) is 0 Å². The molecular weight excluding hydrogens is 124 g/mol. The summed E-state index contributed by atoms with van der Waals surface area (Å²) >= 11 is 0. The molecule has 1 heteroatoms. The summed E-state index contributed by atoms with van der Waals surface area (Å²) in [6.07, 6.45) is 2.84. The number of hydrogen-bond acceptors (Lipinski definition) is 1. The van der Waals surface area contributed by atoms with E-state index >= 15 is 0 Å². The minimum Gasteiger partial charge on any atom is -0.381 e. The van der Waals surface area contributed by atoms with E-state index in [1.165, 1.54) is 12.8 Å². The van der Waals surface area contributed by atoms with Gasteiger partial charge < -0.3 is 4.74 Å². The second-order valence-corrected chi connectivity index (χ2v) is 4.09. The smallest absolute Gasteiger partial charge is 0.0528 e. The van der Waals surface area contributed by atoms with Crippen LogP contribution in [0.5, 0.6) is 0 Å². The van der Waals surface area contributed by atoms with Crippen LogP contribution in [0.2, 0.25) is 0 Å². The van der Waals surface area contributed by atoms with Gasteiger partial charge in [-0.1, -0.05) is 13.8 Å². The van der Waals surface area contributed by atoms with Gasteiger partial charge in [0.2, 0.25) is 0 Å². The van der Waals surface area contributed by atoms with Crippen LogP contribution in [0.3, 0.4) is 0 Å². The minimum absolute atomic E-state index is 0.611. The van der Waals surface area contributed by atoms with E-state index in [4.69, 9.17) is 4.74 Å². The van der Waals surface area contributed by atoms with Crippen molar-refractivity contribution in [2.75, 3.05) is 13.2 Å². The van der Waals surface area contributed by atoms with Crippen molar-refractivity contribution in [3.63, 3.8) is 0 Å². The molecule has 1 saturated heterocycles. The first kappa shape index (κ1) is 6.66. The Labute approximate surface area is 62.8 Å². The first-order valence-corrected chi connectivity index (χ1v) is 4.33. The van der Waals surface area contributed by atoms with Crippen molar-refractivity contribution in [1.29, 1.82) is 0 Å². The molecule has 58 valence electrons. The van der Waals surface area contributed by atoms with Crippen molar-refractivity contribution in [2.24, 2.45) is 17.3 Å². The van der Waals surface area contributed by atoms with Gasteiger partial charge in [-0.3, -0.25) is 0 Å². The highest BCUT2D eigenvalue weighted by Gasteiger charge is 2.51. The van der Waals surface area contributed by atoms with Gasteiger partial charge in [-0.2, -0.15) is 0 Å². The molecule has 0 aromatic heterocycles. The van der Waals surface area contributed by atoms with Gasteiger partial charge in [0, 0.05) is 12.0 Å². The van der Waals surface area contributed by atoms with Gasteiger partial charge >= 0.3 is 0 Å². The Morgan fingerprint density at radius 1 is 1.30 bits per heavy atom. The lowest BCUT2D eigenvalue weighted by Crippen LogP contribution is -2.43. The third kappa shape index (κ3) is 0.619. The predicted molar refractivity (Wildman–Crippen MR) is 40.8 cm³/mol. The molecule has 3 atom stereocenters. The van der Waals surface area contributed by atoms with Crippen molar-refractivity contribution in [1.82, 2.24) is 0 Å². The van der Waals surface area contributed by atoms with Crippen molar-refractivity contribution in [3.05, 3.63) is 0 Å². The standard InChI is InChI=1S/C9H16O/c1-7-3-4-9(7)6-10-5-8(9)2/h7-8H,3-6H2,1-2H3. The highest BCUT2D eigenvalue weighted by Crippen LogP contribution is 2.54. The Morgan fingerprint density at radius 2 is 2.10 bits per heavy atom. The van der Waals surface area contributed by atoms with Crippen molar-refractivity contribution in [3.8, 4) is 0 Å². The zero-order valence-corrected chi connectivity index (χ0v) is 6.89. The van der Waals surface area contributed by atoms with Crippen LogP contribution in [0.1, 0.15) is 26.7 Å². The lowest BCUT2D eigenvalue weighted by molar-refractivity contribution is 0.00473. The largest absolute Gasteiger partial charge is 0.381 e. The van der Waals surface area contributed by atoms with Gasteiger partial charge in [-0.25, -0.2) is 0 Å². The molecule has 1 aliphatic carbocycles. The molecule has 1 aliphatic heterocycles.